The number of likely N-dealkylation sites (N-methyl/N-ethyl adjacent to an activating group) is 1. The van der Waals surface area contributed by atoms with Crippen molar-refractivity contribution in [2.24, 2.45) is 4.99 Å². The van der Waals surface area contributed by atoms with Crippen molar-refractivity contribution in [1.29, 1.82) is 0 Å². The number of halogens is 1. The monoisotopic (exact) mass is 577 g/mol. The van der Waals surface area contributed by atoms with Crippen molar-refractivity contribution in [2.45, 2.75) is 32.4 Å². The summed E-state index contributed by atoms with van der Waals surface area (Å²) in [4.78, 5) is 16.6. The molecule has 2 fully saturated rings. The molecule has 2 N–H and O–H groups in total. The first-order valence-electron chi connectivity index (χ1n) is 12.4. The molecule has 0 radical (unpaired) electrons. The molecule has 1 aromatic heterocycles. The van der Waals surface area contributed by atoms with Crippen LogP contribution in [0.4, 0.5) is 5.82 Å². The van der Waals surface area contributed by atoms with Crippen LogP contribution in [0.15, 0.2) is 53.7 Å². The van der Waals surface area contributed by atoms with Gasteiger partial charge in [0.05, 0.1) is 6.04 Å². The van der Waals surface area contributed by atoms with Crippen molar-refractivity contribution in [3.63, 3.8) is 0 Å². The molecule has 8 heteroatoms. The van der Waals surface area contributed by atoms with Crippen LogP contribution in [-0.2, 0) is 6.54 Å². The number of aliphatic imine (C=N–C) groups is 1. The van der Waals surface area contributed by atoms with Gasteiger partial charge in [-0.25, -0.2) is 4.98 Å². The van der Waals surface area contributed by atoms with E-state index < -0.39 is 0 Å². The summed E-state index contributed by atoms with van der Waals surface area (Å²) >= 11 is 0. The van der Waals surface area contributed by atoms with Crippen LogP contribution in [0.3, 0.4) is 0 Å². The minimum absolute atomic E-state index is 0. The average molecular weight is 578 g/mol. The Hall–Kier alpha value is -1.91. The summed E-state index contributed by atoms with van der Waals surface area (Å²) in [7, 11) is 1.84. The number of anilines is 1. The number of benzene rings is 1. The molecular formula is C26H40IN7. The lowest BCUT2D eigenvalue weighted by atomic mass is 10.1. The van der Waals surface area contributed by atoms with E-state index in [0.717, 1.165) is 57.6 Å². The van der Waals surface area contributed by atoms with Gasteiger partial charge in [-0.1, -0.05) is 37.3 Å². The number of likely N-dealkylation sites (tertiary alicyclic amines) is 1. The Labute approximate surface area is 222 Å². The Balaban J connectivity index is 0.00000324. The zero-order valence-corrected chi connectivity index (χ0v) is 22.9. The topological polar surface area (TPSA) is 59.0 Å². The Bertz CT molecular complexity index is 878. The smallest absolute Gasteiger partial charge is 0.191 e. The molecule has 2 aromatic rings. The number of pyridine rings is 1. The third-order valence-corrected chi connectivity index (χ3v) is 6.87. The number of piperazine rings is 1. The van der Waals surface area contributed by atoms with Crippen LogP contribution < -0.4 is 15.5 Å². The third kappa shape index (κ3) is 7.29. The summed E-state index contributed by atoms with van der Waals surface area (Å²) in [5.74, 6) is 1.91. The summed E-state index contributed by atoms with van der Waals surface area (Å²) in [6.45, 7) is 11.6. The summed E-state index contributed by atoms with van der Waals surface area (Å²) in [5, 5.41) is 7.07. The van der Waals surface area contributed by atoms with Crippen LogP contribution in [-0.4, -0.2) is 80.1 Å². The van der Waals surface area contributed by atoms with E-state index in [-0.39, 0.29) is 24.0 Å². The number of nitrogens with one attached hydrogen (secondary N) is 2. The van der Waals surface area contributed by atoms with Crippen LogP contribution in [0, 0.1) is 0 Å². The SMILES string of the molecule is CCN1CCN(c2cc(CNC(=NC)NCC(c3ccccc3)N3CCCC3)ccn2)CC1.I. The Morgan fingerprint density at radius 1 is 1.00 bits per heavy atom. The number of rotatable bonds is 8. The van der Waals surface area contributed by atoms with Gasteiger partial charge in [-0.05, 0) is 55.7 Å². The maximum atomic E-state index is 4.63. The van der Waals surface area contributed by atoms with Crippen LogP contribution >= 0.6 is 24.0 Å². The largest absolute Gasteiger partial charge is 0.354 e. The van der Waals surface area contributed by atoms with Crippen molar-refractivity contribution in [1.82, 2.24) is 25.4 Å². The first kappa shape index (κ1) is 26.7. The fourth-order valence-corrected chi connectivity index (χ4v) is 4.82. The van der Waals surface area contributed by atoms with Gasteiger partial charge in [0.2, 0.25) is 0 Å². The quantitative estimate of drug-likeness (QED) is 0.285. The zero-order chi connectivity index (χ0) is 22.9. The highest BCUT2D eigenvalue weighted by atomic mass is 127. The Kier molecular flexibility index (Phi) is 10.9. The summed E-state index contributed by atoms with van der Waals surface area (Å²) < 4.78 is 0. The predicted molar refractivity (Wildman–Crippen MR) is 152 cm³/mol. The lowest BCUT2D eigenvalue weighted by molar-refractivity contribution is 0.245. The fourth-order valence-electron chi connectivity index (χ4n) is 4.82. The van der Waals surface area contributed by atoms with Gasteiger partial charge in [0, 0.05) is 52.5 Å². The van der Waals surface area contributed by atoms with Gasteiger partial charge in [0.1, 0.15) is 5.82 Å². The van der Waals surface area contributed by atoms with E-state index in [1.807, 2.05) is 13.2 Å². The molecule has 2 saturated heterocycles. The van der Waals surface area contributed by atoms with Gasteiger partial charge in [-0.2, -0.15) is 0 Å². The molecule has 2 aliphatic rings. The highest BCUT2D eigenvalue weighted by Crippen LogP contribution is 2.24. The first-order chi connectivity index (χ1) is 16.3. The molecule has 0 saturated carbocycles. The van der Waals surface area contributed by atoms with Gasteiger partial charge in [-0.3, -0.25) is 9.89 Å². The van der Waals surface area contributed by atoms with E-state index in [2.05, 4.69) is 84.7 Å². The molecule has 1 unspecified atom stereocenters. The lowest BCUT2D eigenvalue weighted by Crippen LogP contribution is -2.46. The standard InChI is InChI=1S/C26H39N7.HI/c1-3-31-15-17-33(18-16-31)25-19-22(11-12-28-25)20-29-26(27-2)30-21-24(32-13-7-8-14-32)23-9-5-4-6-10-23;/h4-6,9-12,19,24H,3,7-8,13-18,20-21H2,1-2H3,(H2,27,29,30);1H. The highest BCUT2D eigenvalue weighted by Gasteiger charge is 2.23. The summed E-state index contributed by atoms with van der Waals surface area (Å²) in [5.41, 5.74) is 2.59. The normalized spacial score (nSPS) is 18.4. The van der Waals surface area contributed by atoms with E-state index in [1.165, 1.54) is 37.1 Å². The van der Waals surface area contributed by atoms with Gasteiger partial charge in [0.15, 0.2) is 5.96 Å². The number of hydrogen-bond donors (Lipinski definition) is 2. The lowest BCUT2D eigenvalue weighted by Gasteiger charge is -2.34. The van der Waals surface area contributed by atoms with Gasteiger partial charge < -0.3 is 20.4 Å². The first-order valence-corrected chi connectivity index (χ1v) is 12.4. The molecule has 34 heavy (non-hydrogen) atoms. The average Bonchev–Trinajstić information content (AvgIpc) is 3.41. The van der Waals surface area contributed by atoms with E-state index >= 15 is 0 Å². The number of aromatic nitrogens is 1. The minimum atomic E-state index is 0. The molecule has 1 aromatic carbocycles. The molecule has 186 valence electrons. The zero-order valence-electron chi connectivity index (χ0n) is 20.6. The molecule has 0 spiro atoms. The Morgan fingerprint density at radius 2 is 1.74 bits per heavy atom. The fraction of sp³-hybridized carbons (Fsp3) is 0.538. The highest BCUT2D eigenvalue weighted by molar-refractivity contribution is 14.0. The second-order valence-electron chi connectivity index (χ2n) is 8.92. The third-order valence-electron chi connectivity index (χ3n) is 6.87. The molecule has 0 bridgehead atoms. The minimum Gasteiger partial charge on any atom is -0.354 e. The molecule has 0 aliphatic carbocycles. The second-order valence-corrected chi connectivity index (χ2v) is 8.92. The van der Waals surface area contributed by atoms with Crippen LogP contribution in [0.5, 0.6) is 0 Å². The molecular weight excluding hydrogens is 537 g/mol. The molecule has 7 nitrogen and oxygen atoms in total. The maximum Gasteiger partial charge on any atom is 0.191 e. The summed E-state index contributed by atoms with van der Waals surface area (Å²) in [6.07, 6.45) is 4.50. The number of guanidine groups is 1. The van der Waals surface area contributed by atoms with Crippen molar-refractivity contribution in [3.8, 4) is 0 Å². The molecule has 4 rings (SSSR count). The molecule has 2 aliphatic heterocycles. The van der Waals surface area contributed by atoms with Crippen molar-refractivity contribution in [2.75, 3.05) is 64.3 Å². The molecule has 1 atom stereocenters. The van der Waals surface area contributed by atoms with E-state index in [4.69, 9.17) is 0 Å². The maximum absolute atomic E-state index is 4.63. The van der Waals surface area contributed by atoms with Crippen molar-refractivity contribution >= 4 is 35.8 Å². The predicted octanol–water partition coefficient (Wildman–Crippen LogP) is 3.34. The van der Waals surface area contributed by atoms with Crippen LogP contribution in [0.2, 0.25) is 0 Å². The van der Waals surface area contributed by atoms with Crippen molar-refractivity contribution < 1.29 is 0 Å². The Morgan fingerprint density at radius 3 is 2.41 bits per heavy atom. The molecule has 0 amide bonds. The van der Waals surface area contributed by atoms with Crippen molar-refractivity contribution in [3.05, 3.63) is 59.8 Å². The van der Waals surface area contributed by atoms with Gasteiger partial charge in [-0.15, -0.1) is 24.0 Å². The van der Waals surface area contributed by atoms with Gasteiger partial charge >= 0.3 is 0 Å². The summed E-state index contributed by atoms with van der Waals surface area (Å²) in [6, 6.07) is 15.5. The number of hydrogen-bond acceptors (Lipinski definition) is 5. The second kappa shape index (κ2) is 13.8. The number of nitrogens with zero attached hydrogens (tertiary/aromatic N) is 5. The van der Waals surface area contributed by atoms with Gasteiger partial charge in [0.25, 0.3) is 0 Å². The molecule has 3 heterocycles. The van der Waals surface area contributed by atoms with E-state index in [9.17, 15) is 0 Å². The van der Waals surface area contributed by atoms with Crippen LogP contribution in [0.25, 0.3) is 0 Å². The van der Waals surface area contributed by atoms with E-state index in [0.29, 0.717) is 6.04 Å². The van der Waals surface area contributed by atoms with E-state index in [1.54, 1.807) is 0 Å². The van der Waals surface area contributed by atoms with Crippen LogP contribution in [0.1, 0.15) is 36.9 Å².